The van der Waals surface area contributed by atoms with Crippen molar-refractivity contribution in [3.63, 3.8) is 0 Å². The van der Waals surface area contributed by atoms with Crippen LogP contribution >= 0.6 is 11.8 Å². The molecule has 0 saturated carbocycles. The largest absolute Gasteiger partial charge is 0.348 e. The van der Waals surface area contributed by atoms with E-state index in [1.54, 1.807) is 30.1 Å². The molecule has 1 aromatic heterocycles. The van der Waals surface area contributed by atoms with Crippen molar-refractivity contribution in [3.8, 4) is 0 Å². The van der Waals surface area contributed by atoms with E-state index in [0.717, 1.165) is 28.5 Å². The highest BCUT2D eigenvalue weighted by atomic mass is 32.2. The molecule has 6 heteroatoms. The van der Waals surface area contributed by atoms with Crippen LogP contribution in [0.1, 0.15) is 42.6 Å². The Morgan fingerprint density at radius 3 is 2.76 bits per heavy atom. The van der Waals surface area contributed by atoms with Gasteiger partial charge in [-0.25, -0.2) is 4.98 Å². The molecule has 0 aliphatic carbocycles. The minimum Gasteiger partial charge on any atom is -0.348 e. The summed E-state index contributed by atoms with van der Waals surface area (Å²) in [4.78, 5) is 28.2. The summed E-state index contributed by atoms with van der Waals surface area (Å²) in [6, 6.07) is 11.0. The second-order valence-electron chi connectivity index (χ2n) is 5.50. The maximum atomic E-state index is 12.3. The van der Waals surface area contributed by atoms with E-state index in [-0.39, 0.29) is 11.8 Å². The Morgan fingerprint density at radius 1 is 1.16 bits per heavy atom. The molecule has 2 N–H and O–H groups in total. The number of amides is 2. The standard InChI is InChI=1S/C19H23N3O2S/c1-3-6-17(23)22-16-8-5-7-14(11-16)13-21-19(24)15-9-10-20-18(12-15)25-4-2/h5,7-12H,3-4,6,13H2,1-2H3,(H,21,24)(H,22,23). The van der Waals surface area contributed by atoms with Crippen molar-refractivity contribution in [2.24, 2.45) is 0 Å². The van der Waals surface area contributed by atoms with Crippen molar-refractivity contribution >= 4 is 29.3 Å². The van der Waals surface area contributed by atoms with Gasteiger partial charge < -0.3 is 10.6 Å². The first-order valence-corrected chi connectivity index (χ1v) is 9.36. The molecular weight excluding hydrogens is 334 g/mol. The van der Waals surface area contributed by atoms with Gasteiger partial charge in [0, 0.05) is 30.4 Å². The first-order valence-electron chi connectivity index (χ1n) is 8.38. The van der Waals surface area contributed by atoms with Gasteiger partial charge in [-0.2, -0.15) is 0 Å². The minimum absolute atomic E-state index is 0.00132. The SMILES string of the molecule is CCCC(=O)Nc1cccc(CNC(=O)c2ccnc(SCC)c2)c1. The number of hydrogen-bond acceptors (Lipinski definition) is 4. The highest BCUT2D eigenvalue weighted by Gasteiger charge is 2.07. The van der Waals surface area contributed by atoms with E-state index in [1.165, 1.54) is 0 Å². The van der Waals surface area contributed by atoms with Crippen molar-refractivity contribution in [2.75, 3.05) is 11.1 Å². The summed E-state index contributed by atoms with van der Waals surface area (Å²) in [5, 5.41) is 6.61. The lowest BCUT2D eigenvalue weighted by molar-refractivity contribution is -0.116. The van der Waals surface area contributed by atoms with Crippen molar-refractivity contribution in [2.45, 2.75) is 38.3 Å². The third kappa shape index (κ3) is 6.23. The van der Waals surface area contributed by atoms with Crippen LogP contribution in [0.2, 0.25) is 0 Å². The number of hydrogen-bond donors (Lipinski definition) is 2. The molecule has 0 bridgehead atoms. The number of anilines is 1. The molecule has 0 saturated heterocycles. The maximum Gasteiger partial charge on any atom is 0.251 e. The van der Waals surface area contributed by atoms with Crippen molar-refractivity contribution < 1.29 is 9.59 Å². The number of rotatable bonds is 8. The molecule has 1 aromatic carbocycles. The van der Waals surface area contributed by atoms with Crippen LogP contribution in [0.3, 0.4) is 0 Å². The van der Waals surface area contributed by atoms with Crippen LogP contribution in [0, 0.1) is 0 Å². The topological polar surface area (TPSA) is 71.1 Å². The quantitative estimate of drug-likeness (QED) is 0.704. The molecule has 0 fully saturated rings. The van der Waals surface area contributed by atoms with Gasteiger partial charge in [0.2, 0.25) is 5.91 Å². The highest BCUT2D eigenvalue weighted by molar-refractivity contribution is 7.99. The van der Waals surface area contributed by atoms with Gasteiger partial charge in [-0.1, -0.05) is 26.0 Å². The average Bonchev–Trinajstić information content (AvgIpc) is 2.61. The van der Waals surface area contributed by atoms with Gasteiger partial charge in [0.25, 0.3) is 5.91 Å². The Bertz CT molecular complexity index is 734. The summed E-state index contributed by atoms with van der Waals surface area (Å²) in [5.74, 6) is 0.774. The molecule has 1 heterocycles. The first kappa shape index (κ1) is 19.0. The van der Waals surface area contributed by atoms with Crippen LogP contribution in [0.15, 0.2) is 47.6 Å². The molecular formula is C19H23N3O2S. The average molecular weight is 357 g/mol. The lowest BCUT2D eigenvalue weighted by atomic mass is 10.2. The molecule has 2 aromatic rings. The van der Waals surface area contributed by atoms with Gasteiger partial charge >= 0.3 is 0 Å². The van der Waals surface area contributed by atoms with Gasteiger partial charge in [-0.05, 0) is 42.0 Å². The fourth-order valence-electron chi connectivity index (χ4n) is 2.27. The van der Waals surface area contributed by atoms with Crippen LogP contribution in [0.25, 0.3) is 0 Å². The number of carbonyl (C=O) groups is 2. The zero-order valence-electron chi connectivity index (χ0n) is 14.5. The molecule has 2 rings (SSSR count). The Kier molecular flexibility index (Phi) is 7.47. The number of benzene rings is 1. The second-order valence-corrected chi connectivity index (χ2v) is 6.78. The fourth-order valence-corrected chi connectivity index (χ4v) is 2.91. The van der Waals surface area contributed by atoms with Crippen molar-refractivity contribution in [3.05, 3.63) is 53.7 Å². The zero-order chi connectivity index (χ0) is 18.1. The lowest BCUT2D eigenvalue weighted by Crippen LogP contribution is -2.23. The number of nitrogens with one attached hydrogen (secondary N) is 2. The molecule has 0 aliphatic rings. The molecule has 0 radical (unpaired) electrons. The predicted octanol–water partition coefficient (Wildman–Crippen LogP) is 3.86. The molecule has 25 heavy (non-hydrogen) atoms. The van der Waals surface area contributed by atoms with Crippen molar-refractivity contribution in [1.29, 1.82) is 0 Å². The van der Waals surface area contributed by atoms with Crippen LogP contribution in [-0.2, 0) is 11.3 Å². The molecule has 2 amide bonds. The Hall–Kier alpha value is -2.34. The Balaban J connectivity index is 1.95. The molecule has 0 unspecified atom stereocenters. The van der Waals surface area contributed by atoms with E-state index in [2.05, 4.69) is 15.6 Å². The normalized spacial score (nSPS) is 10.3. The fraction of sp³-hybridized carbons (Fsp3) is 0.316. The van der Waals surface area contributed by atoms with Gasteiger partial charge in [-0.3, -0.25) is 9.59 Å². The van der Waals surface area contributed by atoms with E-state index in [0.29, 0.717) is 18.5 Å². The lowest BCUT2D eigenvalue weighted by Gasteiger charge is -2.09. The number of nitrogens with zero attached hydrogens (tertiary/aromatic N) is 1. The van der Waals surface area contributed by atoms with Crippen LogP contribution in [0.4, 0.5) is 5.69 Å². The third-order valence-corrected chi connectivity index (χ3v) is 4.24. The van der Waals surface area contributed by atoms with Gasteiger partial charge in [0.15, 0.2) is 0 Å². The number of carbonyl (C=O) groups excluding carboxylic acids is 2. The van der Waals surface area contributed by atoms with Crippen LogP contribution in [-0.4, -0.2) is 22.6 Å². The monoisotopic (exact) mass is 357 g/mol. The van der Waals surface area contributed by atoms with Crippen molar-refractivity contribution in [1.82, 2.24) is 10.3 Å². The smallest absolute Gasteiger partial charge is 0.251 e. The molecule has 132 valence electrons. The maximum absolute atomic E-state index is 12.3. The summed E-state index contributed by atoms with van der Waals surface area (Å²) in [6.07, 6.45) is 2.96. The summed E-state index contributed by atoms with van der Waals surface area (Å²) in [7, 11) is 0. The number of thioether (sulfide) groups is 1. The Labute approximate surface area is 152 Å². The molecule has 0 aliphatic heterocycles. The summed E-state index contributed by atoms with van der Waals surface area (Å²) in [6.45, 7) is 4.41. The van der Waals surface area contributed by atoms with Crippen LogP contribution < -0.4 is 10.6 Å². The van der Waals surface area contributed by atoms with E-state index in [4.69, 9.17) is 0 Å². The highest BCUT2D eigenvalue weighted by Crippen LogP contribution is 2.16. The summed E-state index contributed by atoms with van der Waals surface area (Å²) in [5.41, 5.74) is 2.27. The third-order valence-electron chi connectivity index (χ3n) is 3.43. The number of pyridine rings is 1. The second kappa shape index (κ2) is 9.84. The van der Waals surface area contributed by atoms with E-state index < -0.39 is 0 Å². The summed E-state index contributed by atoms with van der Waals surface area (Å²) >= 11 is 1.60. The summed E-state index contributed by atoms with van der Waals surface area (Å²) < 4.78 is 0. The molecule has 0 atom stereocenters. The molecule has 5 nitrogen and oxygen atoms in total. The van der Waals surface area contributed by atoms with E-state index >= 15 is 0 Å². The Morgan fingerprint density at radius 2 is 2.00 bits per heavy atom. The van der Waals surface area contributed by atoms with Gasteiger partial charge in [-0.15, -0.1) is 11.8 Å². The van der Waals surface area contributed by atoms with E-state index in [9.17, 15) is 9.59 Å². The first-order chi connectivity index (χ1) is 12.1. The zero-order valence-corrected chi connectivity index (χ0v) is 15.4. The van der Waals surface area contributed by atoms with Gasteiger partial charge in [0.05, 0.1) is 5.03 Å². The predicted molar refractivity (Wildman–Crippen MR) is 102 cm³/mol. The van der Waals surface area contributed by atoms with E-state index in [1.807, 2.05) is 38.1 Å². The molecule has 0 spiro atoms. The van der Waals surface area contributed by atoms with Crippen LogP contribution in [0.5, 0.6) is 0 Å². The van der Waals surface area contributed by atoms with Gasteiger partial charge in [0.1, 0.15) is 0 Å². The number of aromatic nitrogens is 1. The minimum atomic E-state index is -0.138.